The molecule has 27 heavy (non-hydrogen) atoms. The molecule has 1 fully saturated rings. The lowest BCUT2D eigenvalue weighted by Crippen LogP contribution is -2.42. The molecule has 1 saturated carbocycles. The van der Waals surface area contributed by atoms with Gasteiger partial charge in [-0.2, -0.15) is 0 Å². The van der Waals surface area contributed by atoms with Gasteiger partial charge in [-0.25, -0.2) is 18.1 Å². The first-order valence-corrected chi connectivity index (χ1v) is 11.4. The molecule has 1 atom stereocenters. The summed E-state index contributed by atoms with van der Waals surface area (Å²) in [6.07, 6.45) is 4.34. The highest BCUT2D eigenvalue weighted by atomic mass is 32.2. The molecular weight excluding hydrogens is 364 g/mol. The quantitative estimate of drug-likeness (QED) is 0.433. The van der Waals surface area contributed by atoms with Gasteiger partial charge in [0.15, 0.2) is 5.96 Å². The number of para-hydroxylation sites is 1. The second kappa shape index (κ2) is 9.41. The summed E-state index contributed by atoms with van der Waals surface area (Å²) in [5, 5.41) is 6.25. The molecule has 1 heterocycles. The van der Waals surface area contributed by atoms with Gasteiger partial charge in [0.2, 0.25) is 10.0 Å². The number of nitrogens with one attached hydrogen (secondary N) is 3. The van der Waals surface area contributed by atoms with E-state index in [0.717, 1.165) is 25.0 Å². The average Bonchev–Trinajstić information content (AvgIpc) is 3.01. The van der Waals surface area contributed by atoms with E-state index in [-0.39, 0.29) is 11.9 Å². The van der Waals surface area contributed by atoms with E-state index in [0.29, 0.717) is 38.1 Å². The van der Waals surface area contributed by atoms with Crippen molar-refractivity contribution in [1.29, 1.82) is 0 Å². The topological polar surface area (TPSA) is 91.8 Å². The summed E-state index contributed by atoms with van der Waals surface area (Å²) in [5.74, 6) is 2.10. The number of aliphatic imine (C=N–C) groups is 1. The number of sulfonamides is 1. The molecule has 1 aliphatic carbocycles. The number of guanidine groups is 1. The summed E-state index contributed by atoms with van der Waals surface area (Å²) in [7, 11) is -3.25. The Labute approximate surface area is 162 Å². The van der Waals surface area contributed by atoms with Crippen LogP contribution in [0.15, 0.2) is 29.3 Å². The van der Waals surface area contributed by atoms with Gasteiger partial charge in [0.25, 0.3) is 0 Å². The second-order valence-corrected chi connectivity index (χ2v) is 9.09. The van der Waals surface area contributed by atoms with Crippen molar-refractivity contribution in [2.45, 2.75) is 38.7 Å². The van der Waals surface area contributed by atoms with Crippen molar-refractivity contribution < 1.29 is 13.2 Å². The first-order chi connectivity index (χ1) is 13.1. The Kier molecular flexibility index (Phi) is 6.95. The Balaban J connectivity index is 1.42. The SMILES string of the molecule is CCNC(=NCC1Cc2ccccc2O1)NCCS(=O)(=O)NCC1CCC1. The maximum Gasteiger partial charge on any atom is 0.213 e. The maximum absolute atomic E-state index is 12.1. The lowest BCUT2D eigenvalue weighted by atomic mass is 9.86. The molecule has 150 valence electrons. The fourth-order valence-corrected chi connectivity index (χ4v) is 4.21. The summed E-state index contributed by atoms with van der Waals surface area (Å²) in [4.78, 5) is 4.55. The summed E-state index contributed by atoms with van der Waals surface area (Å²) >= 11 is 0. The van der Waals surface area contributed by atoms with Crippen LogP contribution in [0.2, 0.25) is 0 Å². The number of hydrogen-bond donors (Lipinski definition) is 3. The highest BCUT2D eigenvalue weighted by molar-refractivity contribution is 7.89. The van der Waals surface area contributed by atoms with Gasteiger partial charge in [0.1, 0.15) is 11.9 Å². The van der Waals surface area contributed by atoms with E-state index < -0.39 is 10.0 Å². The standard InChI is InChI=1S/C19H30N4O3S/c1-2-20-19(21-10-11-27(24,25)23-13-15-6-5-7-15)22-14-17-12-16-8-3-4-9-18(16)26-17/h3-4,8-9,15,17,23H,2,5-7,10-14H2,1H3,(H2,20,21,22). The molecule has 1 aromatic rings. The van der Waals surface area contributed by atoms with Crippen LogP contribution in [0.25, 0.3) is 0 Å². The van der Waals surface area contributed by atoms with Gasteiger partial charge in [0, 0.05) is 26.1 Å². The molecule has 8 heteroatoms. The molecule has 3 N–H and O–H groups in total. The van der Waals surface area contributed by atoms with Crippen LogP contribution in [0.4, 0.5) is 0 Å². The molecular formula is C19H30N4O3S. The molecule has 0 radical (unpaired) electrons. The van der Waals surface area contributed by atoms with Crippen molar-refractivity contribution in [3.8, 4) is 5.75 Å². The molecule has 1 unspecified atom stereocenters. The zero-order valence-electron chi connectivity index (χ0n) is 15.9. The molecule has 3 rings (SSSR count). The lowest BCUT2D eigenvalue weighted by Gasteiger charge is -2.25. The molecule has 7 nitrogen and oxygen atoms in total. The molecule has 0 saturated heterocycles. The van der Waals surface area contributed by atoms with E-state index in [4.69, 9.17) is 4.74 Å². The first-order valence-electron chi connectivity index (χ1n) is 9.80. The van der Waals surface area contributed by atoms with Gasteiger partial charge in [-0.05, 0) is 37.3 Å². The largest absolute Gasteiger partial charge is 0.488 e. The van der Waals surface area contributed by atoms with E-state index in [1.54, 1.807) is 0 Å². The van der Waals surface area contributed by atoms with Crippen molar-refractivity contribution in [2.75, 3.05) is 31.9 Å². The van der Waals surface area contributed by atoms with Crippen molar-refractivity contribution in [1.82, 2.24) is 15.4 Å². The van der Waals surface area contributed by atoms with Gasteiger partial charge < -0.3 is 15.4 Å². The van der Waals surface area contributed by atoms with Crippen molar-refractivity contribution in [2.24, 2.45) is 10.9 Å². The second-order valence-electron chi connectivity index (χ2n) is 7.16. The van der Waals surface area contributed by atoms with Gasteiger partial charge in [-0.15, -0.1) is 0 Å². The van der Waals surface area contributed by atoms with Crippen molar-refractivity contribution >= 4 is 16.0 Å². The van der Waals surface area contributed by atoms with E-state index in [2.05, 4.69) is 26.4 Å². The summed E-state index contributed by atoms with van der Waals surface area (Å²) in [5.41, 5.74) is 1.21. The minimum absolute atomic E-state index is 0.0192. The molecule has 2 aliphatic rings. The normalized spacial score (nSPS) is 19.9. The number of nitrogens with zero attached hydrogens (tertiary/aromatic N) is 1. The van der Waals surface area contributed by atoms with Crippen LogP contribution in [0.5, 0.6) is 5.75 Å². The molecule has 0 spiro atoms. The molecule has 0 amide bonds. The van der Waals surface area contributed by atoms with Crippen LogP contribution in [0.3, 0.4) is 0 Å². The third kappa shape index (κ3) is 6.10. The van der Waals surface area contributed by atoms with Crippen LogP contribution in [0.1, 0.15) is 31.7 Å². The predicted molar refractivity (Wildman–Crippen MR) is 108 cm³/mol. The third-order valence-corrected chi connectivity index (χ3v) is 6.34. The highest BCUT2D eigenvalue weighted by Crippen LogP contribution is 2.28. The monoisotopic (exact) mass is 394 g/mol. The van der Waals surface area contributed by atoms with E-state index in [9.17, 15) is 8.42 Å². The number of fused-ring (bicyclic) bond motifs is 1. The highest BCUT2D eigenvalue weighted by Gasteiger charge is 2.22. The minimum atomic E-state index is -3.25. The fourth-order valence-electron chi connectivity index (χ4n) is 3.21. The molecule has 0 bridgehead atoms. The number of ether oxygens (including phenoxy) is 1. The summed E-state index contributed by atoms with van der Waals surface area (Å²) < 4.78 is 32.8. The average molecular weight is 395 g/mol. The van der Waals surface area contributed by atoms with Gasteiger partial charge >= 0.3 is 0 Å². The fraction of sp³-hybridized carbons (Fsp3) is 0.632. The minimum Gasteiger partial charge on any atom is -0.488 e. The van der Waals surface area contributed by atoms with Crippen LogP contribution in [-0.4, -0.2) is 52.4 Å². The van der Waals surface area contributed by atoms with E-state index in [1.807, 2.05) is 25.1 Å². The van der Waals surface area contributed by atoms with Gasteiger partial charge in [-0.3, -0.25) is 0 Å². The van der Waals surface area contributed by atoms with Crippen LogP contribution >= 0.6 is 0 Å². The van der Waals surface area contributed by atoms with Crippen molar-refractivity contribution in [3.05, 3.63) is 29.8 Å². The molecule has 1 aromatic carbocycles. The number of hydrogen-bond acceptors (Lipinski definition) is 4. The zero-order chi connectivity index (χ0) is 19.1. The van der Waals surface area contributed by atoms with E-state index >= 15 is 0 Å². The maximum atomic E-state index is 12.1. The van der Waals surface area contributed by atoms with Crippen molar-refractivity contribution in [3.63, 3.8) is 0 Å². The van der Waals surface area contributed by atoms with Crippen LogP contribution < -0.4 is 20.1 Å². The Morgan fingerprint density at radius 3 is 2.78 bits per heavy atom. The number of benzene rings is 1. The van der Waals surface area contributed by atoms with Crippen LogP contribution in [0, 0.1) is 5.92 Å². The first kappa shape index (κ1) is 19.9. The molecule has 1 aliphatic heterocycles. The summed E-state index contributed by atoms with van der Waals surface area (Å²) in [6, 6.07) is 8.03. The van der Waals surface area contributed by atoms with Crippen LogP contribution in [-0.2, 0) is 16.4 Å². The smallest absolute Gasteiger partial charge is 0.213 e. The third-order valence-electron chi connectivity index (χ3n) is 4.99. The Morgan fingerprint density at radius 1 is 1.26 bits per heavy atom. The van der Waals surface area contributed by atoms with Gasteiger partial charge in [0.05, 0.1) is 12.3 Å². The summed E-state index contributed by atoms with van der Waals surface area (Å²) in [6.45, 7) is 4.10. The number of rotatable bonds is 9. The Morgan fingerprint density at radius 2 is 2.07 bits per heavy atom. The predicted octanol–water partition coefficient (Wildman–Crippen LogP) is 1.26. The zero-order valence-corrected chi connectivity index (χ0v) is 16.7. The molecule has 0 aromatic heterocycles. The Hall–Kier alpha value is -1.80. The Bertz CT molecular complexity index is 722. The van der Waals surface area contributed by atoms with E-state index in [1.165, 1.54) is 12.0 Å². The lowest BCUT2D eigenvalue weighted by molar-refractivity contribution is 0.241. The van der Waals surface area contributed by atoms with Gasteiger partial charge in [-0.1, -0.05) is 24.6 Å².